The Morgan fingerprint density at radius 2 is 1.94 bits per heavy atom. The molecule has 2 unspecified atom stereocenters. The van der Waals surface area contributed by atoms with Crippen molar-refractivity contribution in [2.24, 2.45) is 5.41 Å². The minimum Gasteiger partial charge on any atom is -0.391 e. The zero-order valence-corrected chi connectivity index (χ0v) is 11.7. The number of hydrogen-bond donors (Lipinski definition) is 2. The van der Waals surface area contributed by atoms with Gasteiger partial charge in [0.15, 0.2) is 0 Å². The second-order valence-corrected chi connectivity index (χ2v) is 6.50. The van der Waals surface area contributed by atoms with Crippen LogP contribution in [0.2, 0.25) is 0 Å². The number of nitrogens with one attached hydrogen (secondary N) is 1. The van der Waals surface area contributed by atoms with Crippen LogP contribution in [-0.2, 0) is 12.8 Å². The third-order valence-corrected chi connectivity index (χ3v) is 3.95. The first-order valence-corrected chi connectivity index (χ1v) is 6.95. The fourth-order valence-electron chi connectivity index (χ4n) is 2.46. The Morgan fingerprint density at radius 1 is 1.28 bits per heavy atom. The van der Waals surface area contributed by atoms with Gasteiger partial charge in [0.1, 0.15) is 0 Å². The molecule has 2 N–H and O–H groups in total. The van der Waals surface area contributed by atoms with E-state index >= 15 is 0 Å². The second-order valence-electron chi connectivity index (χ2n) is 6.50. The Kier molecular flexibility index (Phi) is 4.08. The predicted molar refractivity (Wildman–Crippen MR) is 75.7 cm³/mol. The fraction of sp³-hybridized carbons (Fsp3) is 0.625. The van der Waals surface area contributed by atoms with Crippen LogP contribution in [0.25, 0.3) is 0 Å². The lowest BCUT2D eigenvalue weighted by Crippen LogP contribution is -2.43. The van der Waals surface area contributed by atoms with E-state index in [-0.39, 0.29) is 11.5 Å². The van der Waals surface area contributed by atoms with E-state index in [1.807, 2.05) is 0 Å². The van der Waals surface area contributed by atoms with E-state index in [4.69, 9.17) is 0 Å². The topological polar surface area (TPSA) is 32.3 Å². The number of aliphatic hydroxyl groups excluding tert-OH is 1. The van der Waals surface area contributed by atoms with E-state index in [1.165, 1.54) is 17.5 Å². The molecule has 2 atom stereocenters. The summed E-state index contributed by atoms with van der Waals surface area (Å²) in [7, 11) is 0. The summed E-state index contributed by atoms with van der Waals surface area (Å²) in [5.74, 6) is 0. The number of aliphatic hydroxyl groups is 1. The lowest BCUT2D eigenvalue weighted by atomic mass is 9.86. The molecule has 1 aromatic rings. The molecule has 18 heavy (non-hydrogen) atoms. The molecule has 0 fully saturated rings. The molecule has 1 aromatic carbocycles. The van der Waals surface area contributed by atoms with Crippen molar-refractivity contribution in [3.8, 4) is 0 Å². The molecule has 2 heteroatoms. The van der Waals surface area contributed by atoms with Gasteiger partial charge in [0.05, 0.1) is 6.10 Å². The van der Waals surface area contributed by atoms with Gasteiger partial charge in [-0.2, -0.15) is 0 Å². The minimum absolute atomic E-state index is 0.0421. The molecular weight excluding hydrogens is 222 g/mol. The van der Waals surface area contributed by atoms with Crippen molar-refractivity contribution in [1.82, 2.24) is 5.32 Å². The van der Waals surface area contributed by atoms with Crippen LogP contribution < -0.4 is 5.32 Å². The molecule has 1 aliphatic carbocycles. The maximum absolute atomic E-state index is 10.0. The number of aryl methyl sites for hydroxylation is 1. The average Bonchev–Trinajstić information content (AvgIpc) is 2.34. The molecule has 100 valence electrons. The summed E-state index contributed by atoms with van der Waals surface area (Å²) in [5.41, 5.74) is 2.91. The van der Waals surface area contributed by atoms with Gasteiger partial charge >= 0.3 is 0 Å². The Morgan fingerprint density at radius 3 is 2.61 bits per heavy atom. The van der Waals surface area contributed by atoms with Gasteiger partial charge in [0.25, 0.3) is 0 Å². The van der Waals surface area contributed by atoms with E-state index in [0.717, 1.165) is 12.8 Å². The average molecular weight is 247 g/mol. The fourth-order valence-corrected chi connectivity index (χ4v) is 2.46. The maximum Gasteiger partial charge on any atom is 0.0712 e. The van der Waals surface area contributed by atoms with Crippen molar-refractivity contribution >= 4 is 0 Å². The summed E-state index contributed by atoms with van der Waals surface area (Å²) >= 11 is 0. The van der Waals surface area contributed by atoms with Crippen LogP contribution in [-0.4, -0.2) is 23.8 Å². The molecule has 0 saturated carbocycles. The quantitative estimate of drug-likeness (QED) is 0.860. The van der Waals surface area contributed by atoms with Crippen LogP contribution in [0.1, 0.15) is 38.3 Å². The Labute approximate surface area is 110 Å². The third kappa shape index (κ3) is 3.33. The molecular formula is C16H25NO. The van der Waals surface area contributed by atoms with Gasteiger partial charge in [-0.25, -0.2) is 0 Å². The first kappa shape index (κ1) is 13.6. The van der Waals surface area contributed by atoms with Crippen LogP contribution in [0.5, 0.6) is 0 Å². The molecule has 0 radical (unpaired) electrons. The highest BCUT2D eigenvalue weighted by Gasteiger charge is 2.24. The van der Waals surface area contributed by atoms with Crippen molar-refractivity contribution in [3.63, 3.8) is 0 Å². The summed E-state index contributed by atoms with van der Waals surface area (Å²) in [6.45, 7) is 6.93. The smallest absolute Gasteiger partial charge is 0.0712 e. The number of hydrogen-bond acceptors (Lipinski definition) is 2. The SMILES string of the molecule is CC(C)(C)C(O)CNC1CCc2ccccc2C1. The Hall–Kier alpha value is -0.860. The molecule has 0 saturated heterocycles. The van der Waals surface area contributed by atoms with E-state index in [2.05, 4.69) is 50.4 Å². The first-order chi connectivity index (χ1) is 8.47. The molecule has 2 rings (SSSR count). The van der Waals surface area contributed by atoms with Crippen LogP contribution >= 0.6 is 0 Å². The van der Waals surface area contributed by atoms with Crippen molar-refractivity contribution in [1.29, 1.82) is 0 Å². The summed E-state index contributed by atoms with van der Waals surface area (Å²) in [6.07, 6.45) is 3.13. The highest BCUT2D eigenvalue weighted by molar-refractivity contribution is 5.30. The lowest BCUT2D eigenvalue weighted by Gasteiger charge is -2.30. The first-order valence-electron chi connectivity index (χ1n) is 6.95. The minimum atomic E-state index is -0.283. The van der Waals surface area contributed by atoms with E-state index < -0.39 is 0 Å². The van der Waals surface area contributed by atoms with Gasteiger partial charge < -0.3 is 10.4 Å². The van der Waals surface area contributed by atoms with E-state index in [0.29, 0.717) is 12.6 Å². The largest absolute Gasteiger partial charge is 0.391 e. The molecule has 0 aliphatic heterocycles. The Bertz CT molecular complexity index is 394. The van der Waals surface area contributed by atoms with Gasteiger partial charge in [-0.3, -0.25) is 0 Å². The summed E-state index contributed by atoms with van der Waals surface area (Å²) < 4.78 is 0. The standard InChI is InChI=1S/C16H25NO/c1-16(2,3)15(18)11-17-14-9-8-12-6-4-5-7-13(12)10-14/h4-7,14-15,17-18H,8-11H2,1-3H3. The second kappa shape index (κ2) is 5.41. The van der Waals surface area contributed by atoms with Crippen molar-refractivity contribution in [2.75, 3.05) is 6.54 Å². The highest BCUT2D eigenvalue weighted by atomic mass is 16.3. The van der Waals surface area contributed by atoms with Gasteiger partial charge in [-0.15, -0.1) is 0 Å². The molecule has 0 bridgehead atoms. The van der Waals surface area contributed by atoms with Crippen LogP contribution in [0, 0.1) is 5.41 Å². The van der Waals surface area contributed by atoms with Gasteiger partial charge in [-0.05, 0) is 35.8 Å². The molecule has 2 nitrogen and oxygen atoms in total. The van der Waals surface area contributed by atoms with Gasteiger partial charge in [-0.1, -0.05) is 45.0 Å². The molecule has 0 spiro atoms. The van der Waals surface area contributed by atoms with Crippen LogP contribution in [0.15, 0.2) is 24.3 Å². The number of fused-ring (bicyclic) bond motifs is 1. The monoisotopic (exact) mass is 247 g/mol. The van der Waals surface area contributed by atoms with E-state index in [1.54, 1.807) is 0 Å². The van der Waals surface area contributed by atoms with Gasteiger partial charge in [0.2, 0.25) is 0 Å². The third-order valence-electron chi connectivity index (χ3n) is 3.95. The van der Waals surface area contributed by atoms with Crippen molar-refractivity contribution in [2.45, 2.75) is 52.2 Å². The zero-order valence-electron chi connectivity index (χ0n) is 11.7. The Balaban J connectivity index is 1.87. The molecule has 0 aromatic heterocycles. The summed E-state index contributed by atoms with van der Waals surface area (Å²) in [4.78, 5) is 0. The normalized spacial score (nSPS) is 21.4. The molecule has 1 aliphatic rings. The molecule has 0 amide bonds. The van der Waals surface area contributed by atoms with Crippen LogP contribution in [0.4, 0.5) is 0 Å². The maximum atomic E-state index is 10.0. The summed E-state index contributed by atoms with van der Waals surface area (Å²) in [6, 6.07) is 9.21. The van der Waals surface area contributed by atoms with Crippen molar-refractivity contribution < 1.29 is 5.11 Å². The predicted octanol–water partition coefficient (Wildman–Crippen LogP) is 2.54. The van der Waals surface area contributed by atoms with Crippen LogP contribution in [0.3, 0.4) is 0 Å². The zero-order chi connectivity index (χ0) is 13.2. The number of rotatable bonds is 3. The molecule has 0 heterocycles. The summed E-state index contributed by atoms with van der Waals surface area (Å²) in [5, 5.41) is 13.6. The highest BCUT2D eigenvalue weighted by Crippen LogP contribution is 2.22. The van der Waals surface area contributed by atoms with E-state index in [9.17, 15) is 5.11 Å². The van der Waals surface area contributed by atoms with Crippen molar-refractivity contribution in [3.05, 3.63) is 35.4 Å². The number of benzene rings is 1. The lowest BCUT2D eigenvalue weighted by molar-refractivity contribution is 0.0600. The van der Waals surface area contributed by atoms with Gasteiger partial charge in [0, 0.05) is 12.6 Å².